The van der Waals surface area contributed by atoms with Crippen molar-refractivity contribution in [2.24, 2.45) is 19.8 Å². The van der Waals surface area contributed by atoms with Gasteiger partial charge in [-0.2, -0.15) is 0 Å². The maximum Gasteiger partial charge on any atom is 0.251 e. The van der Waals surface area contributed by atoms with Crippen LogP contribution in [0.2, 0.25) is 5.02 Å². The number of imidazole rings is 1. The number of fused-ring (bicyclic) bond motifs is 1. The van der Waals surface area contributed by atoms with Crippen molar-refractivity contribution in [1.29, 1.82) is 0 Å². The fraction of sp³-hybridized carbons (Fsp3) is 0.172. The van der Waals surface area contributed by atoms with Gasteiger partial charge in [-0.15, -0.1) is 0 Å². The standard InChI is InChI=1S/C24H21ClN2O.C5H8N2/c1-15-6-8-16(9-7-15)24(26)18-10-11-22-21(13-18)20(14-23(28)27(22)2)17-4-3-5-19(25)12-17;1-5-3-6-4-7(5)2/h3-14,24H,26H2,1-2H3;3-4H,1-2H3. The number of halogens is 1. The Kier molecular flexibility index (Phi) is 7.20. The summed E-state index contributed by atoms with van der Waals surface area (Å²) in [6, 6.07) is 23.3. The van der Waals surface area contributed by atoms with Crippen LogP contribution in [-0.2, 0) is 14.1 Å². The van der Waals surface area contributed by atoms with Gasteiger partial charge in [0.25, 0.3) is 5.56 Å². The van der Waals surface area contributed by atoms with E-state index in [4.69, 9.17) is 17.3 Å². The van der Waals surface area contributed by atoms with Crippen LogP contribution in [0, 0.1) is 13.8 Å². The lowest BCUT2D eigenvalue weighted by Crippen LogP contribution is -2.17. The molecule has 0 fully saturated rings. The largest absolute Gasteiger partial charge is 0.338 e. The molecule has 5 rings (SSSR count). The summed E-state index contributed by atoms with van der Waals surface area (Å²) in [6.45, 7) is 4.08. The number of nitrogens with two attached hydrogens (primary N) is 1. The Morgan fingerprint density at radius 1 is 0.914 bits per heavy atom. The Bertz CT molecular complexity index is 1520. The minimum Gasteiger partial charge on any atom is -0.338 e. The van der Waals surface area contributed by atoms with Gasteiger partial charge in [-0.3, -0.25) is 4.79 Å². The van der Waals surface area contributed by atoms with Crippen molar-refractivity contribution in [3.05, 3.63) is 123 Å². The third kappa shape index (κ3) is 5.37. The molecular weight excluding hydrogens is 456 g/mol. The highest BCUT2D eigenvalue weighted by atomic mass is 35.5. The summed E-state index contributed by atoms with van der Waals surface area (Å²) in [6.07, 6.45) is 3.62. The molecule has 2 aromatic heterocycles. The lowest BCUT2D eigenvalue weighted by molar-refractivity contribution is 0.868. The third-order valence-electron chi connectivity index (χ3n) is 6.26. The molecule has 2 heterocycles. The number of nitrogens with zero attached hydrogens (tertiary/aromatic N) is 3. The number of benzene rings is 3. The number of aryl methyl sites for hydroxylation is 4. The van der Waals surface area contributed by atoms with Gasteiger partial charge in [-0.05, 0) is 60.4 Å². The number of rotatable bonds is 3. The average molecular weight is 485 g/mol. The predicted molar refractivity (Wildman–Crippen MR) is 145 cm³/mol. The molecule has 178 valence electrons. The van der Waals surface area contributed by atoms with Crippen LogP contribution in [0.3, 0.4) is 0 Å². The first kappa shape index (κ1) is 24.5. The smallest absolute Gasteiger partial charge is 0.251 e. The molecule has 0 amide bonds. The molecule has 0 aliphatic carbocycles. The van der Waals surface area contributed by atoms with Crippen LogP contribution >= 0.6 is 11.6 Å². The monoisotopic (exact) mass is 484 g/mol. The number of pyridine rings is 1. The van der Waals surface area contributed by atoms with Gasteiger partial charge in [0.2, 0.25) is 0 Å². The SMILES string of the molecule is Cc1ccc(C(N)c2ccc3c(c2)c(-c2cccc(Cl)c2)cc(=O)n3C)cc1.Cc1cncn1C. The zero-order valence-electron chi connectivity index (χ0n) is 20.4. The van der Waals surface area contributed by atoms with Gasteiger partial charge in [0.1, 0.15) is 0 Å². The number of aromatic nitrogens is 3. The molecule has 5 aromatic rings. The van der Waals surface area contributed by atoms with Gasteiger partial charge in [0, 0.05) is 42.5 Å². The number of hydrogen-bond acceptors (Lipinski definition) is 3. The highest BCUT2D eigenvalue weighted by Crippen LogP contribution is 2.31. The second-order valence-corrected chi connectivity index (χ2v) is 9.21. The first-order chi connectivity index (χ1) is 16.7. The Morgan fingerprint density at radius 3 is 2.23 bits per heavy atom. The second-order valence-electron chi connectivity index (χ2n) is 8.78. The Balaban J connectivity index is 0.000000356. The van der Waals surface area contributed by atoms with E-state index in [0.29, 0.717) is 5.02 Å². The van der Waals surface area contributed by atoms with Crippen LogP contribution in [-0.4, -0.2) is 14.1 Å². The van der Waals surface area contributed by atoms with Crippen LogP contribution in [0.1, 0.15) is 28.4 Å². The van der Waals surface area contributed by atoms with E-state index in [1.54, 1.807) is 24.0 Å². The molecule has 0 bridgehead atoms. The van der Waals surface area contributed by atoms with E-state index in [1.807, 2.05) is 61.1 Å². The molecule has 0 aliphatic heterocycles. The maximum atomic E-state index is 12.5. The van der Waals surface area contributed by atoms with Gasteiger partial charge < -0.3 is 14.9 Å². The van der Waals surface area contributed by atoms with Gasteiger partial charge in [-0.1, -0.05) is 59.6 Å². The quantitative estimate of drug-likeness (QED) is 0.344. The molecule has 1 atom stereocenters. The molecule has 1 unspecified atom stereocenters. The molecule has 6 heteroatoms. The molecule has 0 saturated heterocycles. The molecule has 0 saturated carbocycles. The van der Waals surface area contributed by atoms with E-state index in [9.17, 15) is 4.79 Å². The Labute approximate surface area is 210 Å². The topological polar surface area (TPSA) is 65.8 Å². The average Bonchev–Trinajstić information content (AvgIpc) is 3.23. The summed E-state index contributed by atoms with van der Waals surface area (Å²) in [5.41, 5.74) is 13.6. The lowest BCUT2D eigenvalue weighted by Gasteiger charge is -2.16. The minimum atomic E-state index is -0.241. The van der Waals surface area contributed by atoms with Gasteiger partial charge >= 0.3 is 0 Å². The van der Waals surface area contributed by atoms with E-state index in [-0.39, 0.29) is 11.6 Å². The van der Waals surface area contributed by atoms with Crippen LogP contribution in [0.4, 0.5) is 0 Å². The van der Waals surface area contributed by atoms with E-state index in [1.165, 1.54) is 11.3 Å². The van der Waals surface area contributed by atoms with Crippen molar-refractivity contribution in [1.82, 2.24) is 14.1 Å². The van der Waals surface area contributed by atoms with Crippen molar-refractivity contribution in [3.8, 4) is 11.1 Å². The van der Waals surface area contributed by atoms with Crippen molar-refractivity contribution in [2.45, 2.75) is 19.9 Å². The third-order valence-corrected chi connectivity index (χ3v) is 6.49. The van der Waals surface area contributed by atoms with Crippen molar-refractivity contribution in [2.75, 3.05) is 0 Å². The summed E-state index contributed by atoms with van der Waals surface area (Å²) in [4.78, 5) is 16.4. The fourth-order valence-electron chi connectivity index (χ4n) is 3.96. The normalized spacial score (nSPS) is 11.7. The van der Waals surface area contributed by atoms with Crippen LogP contribution < -0.4 is 11.3 Å². The van der Waals surface area contributed by atoms with Crippen LogP contribution in [0.15, 0.2) is 90.1 Å². The van der Waals surface area contributed by atoms with Crippen molar-refractivity contribution >= 4 is 22.5 Å². The van der Waals surface area contributed by atoms with Crippen molar-refractivity contribution in [3.63, 3.8) is 0 Å². The van der Waals surface area contributed by atoms with Gasteiger partial charge in [0.15, 0.2) is 0 Å². The Morgan fingerprint density at radius 2 is 1.63 bits per heavy atom. The zero-order valence-corrected chi connectivity index (χ0v) is 21.1. The highest BCUT2D eigenvalue weighted by Gasteiger charge is 2.14. The lowest BCUT2D eigenvalue weighted by atomic mass is 9.94. The summed E-state index contributed by atoms with van der Waals surface area (Å²) < 4.78 is 3.63. The van der Waals surface area contributed by atoms with E-state index >= 15 is 0 Å². The zero-order chi connectivity index (χ0) is 25.1. The molecule has 0 aliphatic rings. The van der Waals surface area contributed by atoms with E-state index in [0.717, 1.165) is 33.2 Å². The van der Waals surface area contributed by atoms with E-state index in [2.05, 4.69) is 42.2 Å². The predicted octanol–water partition coefficient (Wildman–Crippen LogP) is 5.94. The van der Waals surface area contributed by atoms with Crippen molar-refractivity contribution < 1.29 is 0 Å². The molecule has 0 spiro atoms. The summed E-state index contributed by atoms with van der Waals surface area (Å²) in [5, 5.41) is 1.61. The second kappa shape index (κ2) is 10.3. The van der Waals surface area contributed by atoms with Crippen LogP contribution in [0.25, 0.3) is 22.0 Å². The molecule has 0 radical (unpaired) electrons. The number of hydrogen-bond donors (Lipinski definition) is 1. The summed E-state index contributed by atoms with van der Waals surface area (Å²) >= 11 is 6.19. The van der Waals surface area contributed by atoms with Gasteiger partial charge in [0.05, 0.1) is 17.9 Å². The summed E-state index contributed by atoms with van der Waals surface area (Å²) in [5.74, 6) is 0. The minimum absolute atomic E-state index is 0.0574. The first-order valence-electron chi connectivity index (χ1n) is 11.4. The molecule has 5 nitrogen and oxygen atoms in total. The maximum absolute atomic E-state index is 12.5. The molecule has 35 heavy (non-hydrogen) atoms. The molecule has 3 aromatic carbocycles. The van der Waals surface area contributed by atoms with Crippen LogP contribution in [0.5, 0.6) is 0 Å². The first-order valence-corrected chi connectivity index (χ1v) is 11.8. The summed E-state index contributed by atoms with van der Waals surface area (Å²) in [7, 11) is 3.76. The molecule has 2 N–H and O–H groups in total. The fourth-order valence-corrected chi connectivity index (χ4v) is 4.15. The molecular formula is C29H29ClN4O. The highest BCUT2D eigenvalue weighted by molar-refractivity contribution is 6.30. The Hall–Kier alpha value is -3.67. The van der Waals surface area contributed by atoms with Gasteiger partial charge in [-0.25, -0.2) is 4.98 Å². The van der Waals surface area contributed by atoms with E-state index < -0.39 is 0 Å².